The molecule has 0 radical (unpaired) electrons. The quantitative estimate of drug-likeness (QED) is 0.0866. The molecule has 10 heteroatoms. The highest BCUT2D eigenvalue weighted by molar-refractivity contribution is 7.18. The Hall–Kier alpha value is -4.96. The summed E-state index contributed by atoms with van der Waals surface area (Å²) in [5, 5.41) is 11.7. The molecule has 0 spiro atoms. The monoisotopic (exact) mass is 612 g/mol. The number of aryl methyl sites for hydroxylation is 1. The molecule has 1 saturated heterocycles. The number of nitrogens with zero attached hydrogens (tertiary/aromatic N) is 2. The molecule has 3 aromatic carbocycles. The van der Waals surface area contributed by atoms with Crippen LogP contribution in [-0.4, -0.2) is 40.8 Å². The first kappa shape index (κ1) is 30.5. The lowest BCUT2D eigenvalue weighted by molar-refractivity contribution is -0.132. The van der Waals surface area contributed by atoms with Crippen LogP contribution in [0.5, 0.6) is 17.2 Å². The Labute approximate surface area is 259 Å². The number of rotatable bonds is 11. The molecule has 1 amide bonds. The molecule has 226 valence electrons. The summed E-state index contributed by atoms with van der Waals surface area (Å²) in [5.74, 6) is -0.800. The van der Waals surface area contributed by atoms with E-state index in [0.29, 0.717) is 58.8 Å². The molecule has 1 aliphatic rings. The summed E-state index contributed by atoms with van der Waals surface area (Å²) in [6.45, 7) is 7.92. The number of amides is 1. The Morgan fingerprint density at radius 2 is 1.64 bits per heavy atom. The molecule has 0 aliphatic carbocycles. The summed E-state index contributed by atoms with van der Waals surface area (Å²) in [6.07, 6.45) is 0. The standard InChI is InChI=1S/C34H32N2O7S/c1-5-41-25-15-12-23(13-16-25)30(38)28-29(36(33(40)31(28)39)34-35-20(3)32(44-34)21(4)37)24-14-17-26(27(18-24)42-6-2)43-19-22-10-8-7-9-11-22/h7-18,29,38H,5-6,19H2,1-4H3/b30-28+. The van der Waals surface area contributed by atoms with Crippen molar-refractivity contribution in [3.8, 4) is 17.2 Å². The summed E-state index contributed by atoms with van der Waals surface area (Å²) in [5.41, 5.74) is 2.14. The molecule has 1 unspecified atom stereocenters. The van der Waals surface area contributed by atoms with E-state index in [2.05, 4.69) is 4.98 Å². The Morgan fingerprint density at radius 1 is 0.932 bits per heavy atom. The molecule has 0 saturated carbocycles. The van der Waals surface area contributed by atoms with Gasteiger partial charge in [0.25, 0.3) is 5.78 Å². The van der Waals surface area contributed by atoms with Crippen molar-refractivity contribution in [2.75, 3.05) is 18.1 Å². The zero-order valence-corrected chi connectivity index (χ0v) is 25.6. The van der Waals surface area contributed by atoms with Crippen molar-refractivity contribution in [3.63, 3.8) is 0 Å². The number of thiazole rings is 1. The van der Waals surface area contributed by atoms with E-state index in [4.69, 9.17) is 14.2 Å². The Kier molecular flexibility index (Phi) is 9.10. The molecule has 1 aliphatic heterocycles. The third-order valence-electron chi connectivity index (χ3n) is 7.01. The first-order chi connectivity index (χ1) is 21.2. The maximum Gasteiger partial charge on any atom is 0.301 e. The molecular weight excluding hydrogens is 580 g/mol. The van der Waals surface area contributed by atoms with Crippen molar-refractivity contribution in [1.29, 1.82) is 0 Å². The minimum Gasteiger partial charge on any atom is -0.507 e. The number of hydrogen-bond acceptors (Lipinski definition) is 9. The van der Waals surface area contributed by atoms with E-state index < -0.39 is 17.7 Å². The third kappa shape index (κ3) is 6.07. The predicted octanol–water partition coefficient (Wildman–Crippen LogP) is 6.66. The van der Waals surface area contributed by atoms with Crippen LogP contribution in [0.15, 0.2) is 78.4 Å². The summed E-state index contributed by atoms with van der Waals surface area (Å²) < 4.78 is 17.5. The average Bonchev–Trinajstić information content (AvgIpc) is 3.53. The molecule has 1 N–H and O–H groups in total. The highest BCUT2D eigenvalue weighted by atomic mass is 32.1. The van der Waals surface area contributed by atoms with E-state index in [1.807, 2.05) is 44.2 Å². The second kappa shape index (κ2) is 13.1. The molecule has 1 fully saturated rings. The fourth-order valence-corrected chi connectivity index (χ4v) is 5.99. The average molecular weight is 613 g/mol. The van der Waals surface area contributed by atoms with Crippen LogP contribution in [0.25, 0.3) is 5.76 Å². The predicted molar refractivity (Wildman–Crippen MR) is 168 cm³/mol. The van der Waals surface area contributed by atoms with Gasteiger partial charge in [0.05, 0.1) is 35.4 Å². The number of benzene rings is 3. The van der Waals surface area contributed by atoms with Gasteiger partial charge < -0.3 is 19.3 Å². The lowest BCUT2D eigenvalue weighted by atomic mass is 9.95. The number of hydrogen-bond donors (Lipinski definition) is 1. The van der Waals surface area contributed by atoms with Gasteiger partial charge in [0.1, 0.15) is 18.1 Å². The number of carbonyl (C=O) groups excluding carboxylic acids is 3. The van der Waals surface area contributed by atoms with E-state index in [1.54, 1.807) is 49.4 Å². The van der Waals surface area contributed by atoms with Crippen LogP contribution >= 0.6 is 11.3 Å². The van der Waals surface area contributed by atoms with Crippen molar-refractivity contribution in [1.82, 2.24) is 4.98 Å². The van der Waals surface area contributed by atoms with Gasteiger partial charge in [-0.05, 0) is 68.3 Å². The molecule has 44 heavy (non-hydrogen) atoms. The Balaban J connectivity index is 1.63. The molecule has 1 atom stereocenters. The Morgan fingerprint density at radius 3 is 2.27 bits per heavy atom. The summed E-state index contributed by atoms with van der Waals surface area (Å²) in [4.78, 5) is 45.6. The number of aliphatic hydroxyl groups is 1. The lowest BCUT2D eigenvalue weighted by Gasteiger charge is -2.24. The minimum atomic E-state index is -1.06. The number of anilines is 1. The Bertz CT molecular complexity index is 1730. The molecule has 2 heterocycles. The largest absolute Gasteiger partial charge is 0.507 e. The van der Waals surface area contributed by atoms with Gasteiger partial charge in [-0.15, -0.1) is 0 Å². The first-order valence-electron chi connectivity index (χ1n) is 14.2. The van der Waals surface area contributed by atoms with Gasteiger partial charge in [-0.3, -0.25) is 19.3 Å². The fourth-order valence-electron chi connectivity index (χ4n) is 5.01. The van der Waals surface area contributed by atoms with E-state index >= 15 is 0 Å². The van der Waals surface area contributed by atoms with Crippen LogP contribution in [0.2, 0.25) is 0 Å². The summed E-state index contributed by atoms with van der Waals surface area (Å²) in [6, 6.07) is 20.4. The lowest BCUT2D eigenvalue weighted by Crippen LogP contribution is -2.29. The van der Waals surface area contributed by atoms with E-state index in [-0.39, 0.29) is 22.2 Å². The second-order valence-corrected chi connectivity index (χ2v) is 11.0. The molecular formula is C34H32N2O7S. The number of ketones is 2. The van der Waals surface area contributed by atoms with Crippen molar-refractivity contribution in [2.45, 2.75) is 40.3 Å². The summed E-state index contributed by atoms with van der Waals surface area (Å²) in [7, 11) is 0. The van der Waals surface area contributed by atoms with Gasteiger partial charge in [-0.2, -0.15) is 0 Å². The normalized spacial score (nSPS) is 15.8. The SMILES string of the molecule is CCOc1ccc(/C(O)=C2\C(=O)C(=O)N(c3nc(C)c(C(C)=O)s3)C2c2ccc(OCc3ccccc3)c(OCC)c2)cc1. The topological polar surface area (TPSA) is 115 Å². The molecule has 9 nitrogen and oxygen atoms in total. The first-order valence-corrected chi connectivity index (χ1v) is 15.0. The number of aliphatic hydroxyl groups excluding tert-OH is 1. The maximum atomic E-state index is 13.6. The van der Waals surface area contributed by atoms with Crippen LogP contribution in [0, 0.1) is 6.92 Å². The van der Waals surface area contributed by atoms with E-state index in [0.717, 1.165) is 16.9 Å². The van der Waals surface area contributed by atoms with Crippen LogP contribution in [0.1, 0.15) is 58.9 Å². The van der Waals surface area contributed by atoms with Gasteiger partial charge in [0.15, 0.2) is 22.4 Å². The smallest absolute Gasteiger partial charge is 0.301 e. The molecule has 4 aromatic rings. The van der Waals surface area contributed by atoms with Gasteiger partial charge in [-0.25, -0.2) is 4.98 Å². The molecule has 5 rings (SSSR count). The second-order valence-electron chi connectivity index (χ2n) is 10.0. The van der Waals surface area contributed by atoms with Gasteiger partial charge in [0, 0.05) is 12.5 Å². The third-order valence-corrected chi connectivity index (χ3v) is 8.27. The number of ether oxygens (including phenoxy) is 3. The zero-order chi connectivity index (χ0) is 31.4. The summed E-state index contributed by atoms with van der Waals surface area (Å²) >= 11 is 1.02. The zero-order valence-electron chi connectivity index (χ0n) is 24.8. The van der Waals surface area contributed by atoms with Crippen LogP contribution < -0.4 is 19.1 Å². The number of aromatic nitrogens is 1. The highest BCUT2D eigenvalue weighted by Crippen LogP contribution is 2.45. The van der Waals surface area contributed by atoms with Crippen LogP contribution in [0.4, 0.5) is 5.13 Å². The fraction of sp³-hybridized carbons (Fsp3) is 0.235. The minimum absolute atomic E-state index is 0.114. The molecule has 0 bridgehead atoms. The van der Waals surface area contributed by atoms with Gasteiger partial charge >= 0.3 is 5.91 Å². The number of carbonyl (C=O) groups is 3. The maximum absolute atomic E-state index is 13.6. The van der Waals surface area contributed by atoms with Gasteiger partial charge in [-0.1, -0.05) is 47.7 Å². The van der Waals surface area contributed by atoms with Crippen molar-refractivity contribution < 1.29 is 33.7 Å². The van der Waals surface area contributed by atoms with E-state index in [9.17, 15) is 19.5 Å². The van der Waals surface area contributed by atoms with Gasteiger partial charge in [0.2, 0.25) is 0 Å². The molecule has 1 aromatic heterocycles. The van der Waals surface area contributed by atoms with Crippen molar-refractivity contribution in [2.24, 2.45) is 0 Å². The highest BCUT2D eigenvalue weighted by Gasteiger charge is 2.48. The number of Topliss-reactive ketones (excluding diaryl/α,β-unsaturated/α-hetero) is 2. The van der Waals surface area contributed by atoms with Crippen molar-refractivity contribution in [3.05, 3.63) is 106 Å². The van der Waals surface area contributed by atoms with E-state index in [1.165, 1.54) is 11.8 Å². The van der Waals surface area contributed by atoms with Crippen LogP contribution in [-0.2, 0) is 16.2 Å². The van der Waals surface area contributed by atoms with Crippen molar-refractivity contribution >= 4 is 39.7 Å². The van der Waals surface area contributed by atoms with Crippen LogP contribution in [0.3, 0.4) is 0 Å².